The number of rotatable bonds is 6. The van der Waals surface area contributed by atoms with Crippen LogP contribution in [0.25, 0.3) is 6.08 Å². The van der Waals surface area contributed by atoms with Crippen molar-refractivity contribution in [3.63, 3.8) is 0 Å². The Hall–Kier alpha value is -2.97. The summed E-state index contributed by atoms with van der Waals surface area (Å²) < 4.78 is 10.5. The zero-order chi connectivity index (χ0) is 24.2. The zero-order valence-corrected chi connectivity index (χ0v) is 20.7. The monoisotopic (exact) mass is 487 g/mol. The van der Waals surface area contributed by atoms with Gasteiger partial charge in [0.25, 0.3) is 5.91 Å². The zero-order valence-electron chi connectivity index (χ0n) is 19.1. The lowest BCUT2D eigenvalue weighted by Gasteiger charge is -2.21. The Balaban J connectivity index is 1.93. The van der Waals surface area contributed by atoms with Crippen LogP contribution in [0.5, 0.6) is 11.5 Å². The Bertz CT molecular complexity index is 1110. The first-order valence-electron chi connectivity index (χ1n) is 10.2. The molecule has 3 rings (SSSR count). The number of nitrogens with zero attached hydrogens (tertiary/aromatic N) is 2. The third kappa shape index (κ3) is 6.30. The van der Waals surface area contributed by atoms with Gasteiger partial charge in [-0.2, -0.15) is 0 Å². The van der Waals surface area contributed by atoms with Crippen LogP contribution in [0.15, 0.2) is 53.2 Å². The summed E-state index contributed by atoms with van der Waals surface area (Å²) in [5.74, 6) is 0.803. The molecule has 174 valence electrons. The van der Waals surface area contributed by atoms with Crippen molar-refractivity contribution in [3.8, 4) is 11.5 Å². The van der Waals surface area contributed by atoms with E-state index in [1.807, 2.05) is 45.0 Å². The van der Waals surface area contributed by atoms with E-state index in [0.717, 1.165) is 11.3 Å². The molecule has 0 saturated carbocycles. The number of carbonyl (C=O) groups excluding carboxylic acids is 2. The summed E-state index contributed by atoms with van der Waals surface area (Å²) in [7, 11) is 3.10. The summed E-state index contributed by atoms with van der Waals surface area (Å²) >= 11 is 7.35. The summed E-state index contributed by atoms with van der Waals surface area (Å²) in [5.41, 5.74) is 1.25. The fraction of sp³-hybridized carbons (Fsp3) is 0.292. The molecule has 0 aliphatic carbocycles. The van der Waals surface area contributed by atoms with Gasteiger partial charge in [-0.1, -0.05) is 35.5 Å². The minimum atomic E-state index is -0.354. The maximum absolute atomic E-state index is 13.3. The Morgan fingerprint density at radius 1 is 1.15 bits per heavy atom. The third-order valence-electron chi connectivity index (χ3n) is 4.49. The highest BCUT2D eigenvalue weighted by molar-refractivity contribution is 8.14. The van der Waals surface area contributed by atoms with E-state index < -0.39 is 0 Å². The standard InChI is InChI=1S/C24H26ClN3O4S/c1-24(2,3)27-21(29)14-33-23-26-19(12-15-6-9-17(31-4)10-7-15)22(30)28(23)16-8-11-18(25)20(13-16)32-5/h6-13H,14H2,1-5H3,(H,27,29)/b19-12-. The number of nitrogens with one attached hydrogen (secondary N) is 1. The summed E-state index contributed by atoms with van der Waals surface area (Å²) in [6, 6.07) is 12.3. The summed E-state index contributed by atoms with van der Waals surface area (Å²) in [4.78, 5) is 31.7. The minimum Gasteiger partial charge on any atom is -0.497 e. The van der Waals surface area contributed by atoms with Crippen LogP contribution in [0.4, 0.5) is 5.69 Å². The van der Waals surface area contributed by atoms with Crippen LogP contribution in [0.3, 0.4) is 0 Å². The molecule has 0 aromatic heterocycles. The number of ether oxygens (including phenoxy) is 2. The maximum atomic E-state index is 13.3. The number of methoxy groups -OCH3 is 2. The molecule has 2 aromatic rings. The predicted octanol–water partition coefficient (Wildman–Crippen LogP) is 4.75. The SMILES string of the molecule is COc1ccc(/C=C2\N=C(SCC(=O)NC(C)(C)C)N(c3ccc(Cl)c(OC)c3)C2=O)cc1. The van der Waals surface area contributed by atoms with E-state index in [1.54, 1.807) is 31.4 Å². The molecule has 2 amide bonds. The number of amidine groups is 1. The van der Waals surface area contributed by atoms with Gasteiger partial charge < -0.3 is 14.8 Å². The smallest absolute Gasteiger partial charge is 0.283 e. The number of amides is 2. The first-order chi connectivity index (χ1) is 15.6. The highest BCUT2D eigenvalue weighted by Crippen LogP contribution is 2.34. The lowest BCUT2D eigenvalue weighted by molar-refractivity contribution is -0.120. The van der Waals surface area contributed by atoms with Gasteiger partial charge in [0.15, 0.2) is 5.17 Å². The average molecular weight is 488 g/mol. The Morgan fingerprint density at radius 3 is 2.45 bits per heavy atom. The summed E-state index contributed by atoms with van der Waals surface area (Å²) in [6.07, 6.45) is 1.70. The van der Waals surface area contributed by atoms with Crippen molar-refractivity contribution in [2.24, 2.45) is 4.99 Å². The largest absolute Gasteiger partial charge is 0.497 e. The Morgan fingerprint density at radius 2 is 1.85 bits per heavy atom. The van der Waals surface area contributed by atoms with Gasteiger partial charge in [-0.25, -0.2) is 4.99 Å². The van der Waals surface area contributed by atoms with Crippen molar-refractivity contribution in [3.05, 3.63) is 58.7 Å². The van der Waals surface area contributed by atoms with Crippen LogP contribution >= 0.6 is 23.4 Å². The number of halogens is 1. The molecule has 7 nitrogen and oxygen atoms in total. The molecule has 2 aromatic carbocycles. The number of aliphatic imine (C=N–C) groups is 1. The van der Waals surface area contributed by atoms with Gasteiger partial charge in [0.05, 0.1) is 30.7 Å². The van der Waals surface area contributed by atoms with Crippen LogP contribution in [0.2, 0.25) is 5.02 Å². The molecule has 1 N–H and O–H groups in total. The van der Waals surface area contributed by atoms with E-state index in [-0.39, 0.29) is 28.8 Å². The highest BCUT2D eigenvalue weighted by Gasteiger charge is 2.33. The van der Waals surface area contributed by atoms with E-state index in [9.17, 15) is 9.59 Å². The van der Waals surface area contributed by atoms with Gasteiger partial charge in [0.2, 0.25) is 5.91 Å². The first kappa shape index (κ1) is 24.7. The van der Waals surface area contributed by atoms with Gasteiger partial charge in [0.1, 0.15) is 17.2 Å². The van der Waals surface area contributed by atoms with E-state index in [4.69, 9.17) is 21.1 Å². The summed E-state index contributed by atoms with van der Waals surface area (Å²) in [5, 5.41) is 3.74. The lowest BCUT2D eigenvalue weighted by Crippen LogP contribution is -2.42. The van der Waals surface area contributed by atoms with Gasteiger partial charge in [-0.15, -0.1) is 0 Å². The Labute approximate surface area is 202 Å². The number of thioether (sulfide) groups is 1. The first-order valence-corrected chi connectivity index (χ1v) is 11.5. The van der Waals surface area contributed by atoms with Gasteiger partial charge in [-0.05, 0) is 56.7 Å². The molecule has 33 heavy (non-hydrogen) atoms. The molecule has 0 saturated heterocycles. The molecule has 0 bridgehead atoms. The van der Waals surface area contributed by atoms with E-state index in [1.165, 1.54) is 23.8 Å². The van der Waals surface area contributed by atoms with Crippen LogP contribution < -0.4 is 19.7 Å². The van der Waals surface area contributed by atoms with Crippen molar-refractivity contribution < 1.29 is 19.1 Å². The van der Waals surface area contributed by atoms with Crippen molar-refractivity contribution in [1.29, 1.82) is 0 Å². The van der Waals surface area contributed by atoms with Gasteiger partial charge >= 0.3 is 0 Å². The maximum Gasteiger partial charge on any atom is 0.283 e. The third-order valence-corrected chi connectivity index (χ3v) is 5.74. The molecule has 0 unspecified atom stereocenters. The van der Waals surface area contributed by atoms with Gasteiger partial charge in [-0.3, -0.25) is 14.5 Å². The number of carbonyl (C=O) groups is 2. The molecule has 1 heterocycles. The number of hydrogen-bond acceptors (Lipinski definition) is 6. The van der Waals surface area contributed by atoms with Crippen LogP contribution in [-0.4, -0.2) is 42.5 Å². The van der Waals surface area contributed by atoms with Crippen molar-refractivity contribution in [2.45, 2.75) is 26.3 Å². The Kier molecular flexibility index (Phi) is 7.71. The lowest BCUT2D eigenvalue weighted by atomic mass is 10.1. The second-order valence-corrected chi connectivity index (χ2v) is 9.59. The normalized spacial score (nSPS) is 15.0. The van der Waals surface area contributed by atoms with E-state index in [0.29, 0.717) is 21.6 Å². The van der Waals surface area contributed by atoms with Crippen molar-refractivity contribution in [1.82, 2.24) is 5.32 Å². The molecule has 9 heteroatoms. The molecular formula is C24H26ClN3O4S. The van der Waals surface area contributed by atoms with Gasteiger partial charge in [0, 0.05) is 11.6 Å². The number of benzene rings is 2. The second-order valence-electron chi connectivity index (χ2n) is 8.24. The molecular weight excluding hydrogens is 462 g/mol. The molecule has 0 radical (unpaired) electrons. The molecule has 0 fully saturated rings. The predicted molar refractivity (Wildman–Crippen MR) is 134 cm³/mol. The topological polar surface area (TPSA) is 80.2 Å². The molecule has 1 aliphatic heterocycles. The van der Waals surface area contributed by atoms with Crippen LogP contribution in [0.1, 0.15) is 26.3 Å². The molecule has 1 aliphatic rings. The minimum absolute atomic E-state index is 0.112. The fourth-order valence-corrected chi connectivity index (χ4v) is 4.06. The van der Waals surface area contributed by atoms with E-state index in [2.05, 4.69) is 10.3 Å². The molecule has 0 atom stereocenters. The van der Waals surface area contributed by atoms with E-state index >= 15 is 0 Å². The fourth-order valence-electron chi connectivity index (χ4n) is 3.05. The average Bonchev–Trinajstić information content (AvgIpc) is 3.07. The van der Waals surface area contributed by atoms with Crippen LogP contribution in [0, 0.1) is 0 Å². The van der Waals surface area contributed by atoms with Crippen molar-refractivity contribution in [2.75, 3.05) is 24.9 Å². The summed E-state index contributed by atoms with van der Waals surface area (Å²) in [6.45, 7) is 5.73. The number of anilines is 1. The number of hydrogen-bond donors (Lipinski definition) is 1. The van der Waals surface area contributed by atoms with Crippen molar-refractivity contribution >= 4 is 52.1 Å². The highest BCUT2D eigenvalue weighted by atomic mass is 35.5. The quantitative estimate of drug-likeness (QED) is 0.595. The molecule has 0 spiro atoms. The second kappa shape index (κ2) is 10.3. The van der Waals surface area contributed by atoms with Crippen LogP contribution in [-0.2, 0) is 9.59 Å².